The van der Waals surface area contributed by atoms with Crippen LogP contribution in [0.25, 0.3) is 0 Å². The van der Waals surface area contributed by atoms with Crippen molar-refractivity contribution in [2.24, 2.45) is 0 Å². The first-order valence-corrected chi connectivity index (χ1v) is 12.1. The van der Waals surface area contributed by atoms with Crippen molar-refractivity contribution in [3.05, 3.63) is 77.0 Å². The van der Waals surface area contributed by atoms with Crippen LogP contribution in [0.4, 0.5) is 14.6 Å². The van der Waals surface area contributed by atoms with E-state index in [9.17, 15) is 28.7 Å². The number of nitrogens with one attached hydrogen (secondary N) is 1. The van der Waals surface area contributed by atoms with Crippen LogP contribution in [0.3, 0.4) is 0 Å². The molecule has 0 saturated carbocycles. The smallest absolute Gasteiger partial charge is 0.255 e. The molecule has 13 heteroatoms. The molecule has 4 rings (SSSR count). The van der Waals surface area contributed by atoms with Crippen molar-refractivity contribution in [2.75, 3.05) is 25.0 Å². The van der Waals surface area contributed by atoms with E-state index < -0.39 is 29.8 Å². The average molecular weight is 543 g/mol. The third kappa shape index (κ3) is 6.26. The second-order valence-electron chi connectivity index (χ2n) is 9.72. The fraction of sp³-hybridized carbons (Fsp3) is 0.346. The standard InChI is InChI=1S/C26H28F2N6O5/c1-16(24(36)31-22-11-30-23(12-29-22)39-21-5-4-18(27)10-20(21)28)32-8-9-34(26(2,3)15-32)25(37)19-6-7-33(38)13-17(19)14-35/h4-7,10-13,16,35H,8-9,14-15H2,1-3H3,(H,29,31,36)/t16-/m0/s1. The monoisotopic (exact) mass is 542 g/mol. The number of carbonyl (C=O) groups is 2. The summed E-state index contributed by atoms with van der Waals surface area (Å²) in [5, 5.41) is 23.8. The third-order valence-corrected chi connectivity index (χ3v) is 6.51. The summed E-state index contributed by atoms with van der Waals surface area (Å²) in [5.41, 5.74) is -0.164. The molecule has 1 saturated heterocycles. The van der Waals surface area contributed by atoms with E-state index >= 15 is 0 Å². The highest BCUT2D eigenvalue weighted by molar-refractivity contribution is 5.96. The van der Waals surface area contributed by atoms with Gasteiger partial charge in [-0.3, -0.25) is 14.5 Å². The van der Waals surface area contributed by atoms with Gasteiger partial charge in [0.25, 0.3) is 5.91 Å². The van der Waals surface area contributed by atoms with Gasteiger partial charge < -0.3 is 25.3 Å². The first-order chi connectivity index (χ1) is 18.5. The van der Waals surface area contributed by atoms with Gasteiger partial charge in [0.1, 0.15) is 5.82 Å². The molecule has 1 aromatic carbocycles. The maximum atomic E-state index is 13.8. The molecule has 1 aliphatic rings. The van der Waals surface area contributed by atoms with Crippen LogP contribution >= 0.6 is 0 Å². The molecule has 206 valence electrons. The summed E-state index contributed by atoms with van der Waals surface area (Å²) in [6, 6.07) is 3.69. The van der Waals surface area contributed by atoms with E-state index in [1.54, 1.807) is 11.8 Å². The van der Waals surface area contributed by atoms with Crippen LogP contribution in [0.2, 0.25) is 0 Å². The lowest BCUT2D eigenvalue weighted by Crippen LogP contribution is -2.63. The molecular formula is C26H28F2N6O5. The molecule has 0 unspecified atom stereocenters. The molecule has 39 heavy (non-hydrogen) atoms. The zero-order valence-electron chi connectivity index (χ0n) is 21.6. The number of aliphatic hydroxyl groups excluding tert-OH is 1. The lowest BCUT2D eigenvalue weighted by Gasteiger charge is -2.48. The lowest BCUT2D eigenvalue weighted by atomic mass is 9.95. The normalized spacial score (nSPS) is 16.0. The number of halogens is 2. The molecule has 3 heterocycles. The van der Waals surface area contributed by atoms with E-state index in [1.165, 1.54) is 30.9 Å². The van der Waals surface area contributed by atoms with Gasteiger partial charge in [0.05, 0.1) is 41.7 Å². The molecule has 0 spiro atoms. The fourth-order valence-corrected chi connectivity index (χ4v) is 4.40. The largest absolute Gasteiger partial charge is 0.619 e. The average Bonchev–Trinajstić information content (AvgIpc) is 2.89. The number of amides is 2. The number of aromatic nitrogens is 3. The molecule has 1 aliphatic heterocycles. The van der Waals surface area contributed by atoms with E-state index in [0.29, 0.717) is 30.4 Å². The lowest BCUT2D eigenvalue weighted by molar-refractivity contribution is -0.606. The van der Waals surface area contributed by atoms with Gasteiger partial charge in [-0.25, -0.2) is 18.7 Å². The number of hydrogen-bond acceptors (Lipinski definition) is 8. The van der Waals surface area contributed by atoms with Crippen molar-refractivity contribution < 1.29 is 32.9 Å². The number of carbonyl (C=O) groups excluding carboxylic acids is 2. The minimum atomic E-state index is -0.888. The highest BCUT2D eigenvalue weighted by Crippen LogP contribution is 2.26. The molecular weight excluding hydrogens is 514 g/mol. The van der Waals surface area contributed by atoms with Gasteiger partial charge in [0.2, 0.25) is 11.8 Å². The number of ether oxygens (including phenoxy) is 1. The molecule has 1 fully saturated rings. The van der Waals surface area contributed by atoms with Crippen LogP contribution in [0.5, 0.6) is 11.6 Å². The van der Waals surface area contributed by atoms with Crippen molar-refractivity contribution >= 4 is 17.6 Å². The number of nitrogens with zero attached hydrogens (tertiary/aromatic N) is 5. The molecule has 1 atom stereocenters. The second-order valence-corrected chi connectivity index (χ2v) is 9.72. The summed E-state index contributed by atoms with van der Waals surface area (Å²) < 4.78 is 32.7. The Morgan fingerprint density at radius 3 is 2.64 bits per heavy atom. The van der Waals surface area contributed by atoms with Crippen LogP contribution in [0, 0.1) is 16.8 Å². The van der Waals surface area contributed by atoms with Gasteiger partial charge in [0.15, 0.2) is 29.8 Å². The number of rotatable bonds is 7. The number of anilines is 1. The maximum Gasteiger partial charge on any atom is 0.255 e. The molecule has 2 aromatic heterocycles. The topological polar surface area (TPSA) is 135 Å². The van der Waals surface area contributed by atoms with Crippen molar-refractivity contribution in [3.8, 4) is 11.6 Å². The minimum absolute atomic E-state index is 0.0399. The van der Waals surface area contributed by atoms with Crippen LogP contribution in [0.1, 0.15) is 36.7 Å². The zero-order chi connectivity index (χ0) is 28.3. The van der Waals surface area contributed by atoms with Crippen molar-refractivity contribution in [1.82, 2.24) is 19.8 Å². The van der Waals surface area contributed by atoms with E-state index in [2.05, 4.69) is 15.3 Å². The number of pyridine rings is 1. The predicted molar refractivity (Wildman–Crippen MR) is 135 cm³/mol. The Hall–Kier alpha value is -4.23. The molecule has 11 nitrogen and oxygen atoms in total. The summed E-state index contributed by atoms with van der Waals surface area (Å²) in [6.07, 6.45) is 4.84. The Kier molecular flexibility index (Phi) is 8.02. The van der Waals surface area contributed by atoms with E-state index in [4.69, 9.17) is 4.74 Å². The number of aliphatic hydroxyl groups is 1. The van der Waals surface area contributed by atoms with E-state index in [1.807, 2.05) is 18.7 Å². The Morgan fingerprint density at radius 2 is 2.00 bits per heavy atom. The quantitative estimate of drug-likeness (QED) is 0.343. The van der Waals surface area contributed by atoms with Crippen LogP contribution < -0.4 is 14.8 Å². The molecule has 2 N–H and O–H groups in total. The SMILES string of the molecule is C[C@@H](C(=O)Nc1cnc(Oc2ccc(F)cc2F)cn1)N1CCN(C(=O)c2cc[n+]([O-])cc2CO)C(C)(C)C1. The van der Waals surface area contributed by atoms with Crippen LogP contribution in [0.15, 0.2) is 49.1 Å². The van der Waals surface area contributed by atoms with Gasteiger partial charge in [-0.05, 0) is 32.9 Å². The van der Waals surface area contributed by atoms with Gasteiger partial charge in [0, 0.05) is 31.8 Å². The second kappa shape index (κ2) is 11.3. The van der Waals surface area contributed by atoms with Crippen LogP contribution in [-0.2, 0) is 11.4 Å². The Balaban J connectivity index is 1.37. The number of piperazine rings is 1. The van der Waals surface area contributed by atoms with Crippen molar-refractivity contribution in [3.63, 3.8) is 0 Å². The summed E-state index contributed by atoms with van der Waals surface area (Å²) >= 11 is 0. The zero-order valence-corrected chi connectivity index (χ0v) is 21.6. The molecule has 0 bridgehead atoms. The van der Waals surface area contributed by atoms with Crippen molar-refractivity contribution in [2.45, 2.75) is 39.0 Å². The Morgan fingerprint density at radius 1 is 1.23 bits per heavy atom. The highest BCUT2D eigenvalue weighted by Gasteiger charge is 2.40. The highest BCUT2D eigenvalue weighted by atomic mass is 19.1. The van der Waals surface area contributed by atoms with E-state index in [0.717, 1.165) is 12.1 Å². The maximum absolute atomic E-state index is 13.8. The minimum Gasteiger partial charge on any atom is -0.619 e. The van der Waals surface area contributed by atoms with E-state index in [-0.39, 0.29) is 40.4 Å². The fourth-order valence-electron chi connectivity index (χ4n) is 4.40. The summed E-state index contributed by atoms with van der Waals surface area (Å²) in [4.78, 5) is 37.9. The first-order valence-electron chi connectivity index (χ1n) is 12.1. The predicted octanol–water partition coefficient (Wildman–Crippen LogP) is 2.24. The Labute approximate surface area is 223 Å². The molecule has 2 amide bonds. The first kappa shape index (κ1) is 27.8. The number of hydrogen-bond donors (Lipinski definition) is 2. The van der Waals surface area contributed by atoms with Gasteiger partial charge in [-0.1, -0.05) is 0 Å². The summed E-state index contributed by atoms with van der Waals surface area (Å²) in [7, 11) is 0. The van der Waals surface area contributed by atoms with Gasteiger partial charge in [-0.15, -0.1) is 0 Å². The Bertz CT molecular complexity index is 1370. The van der Waals surface area contributed by atoms with Crippen LogP contribution in [-0.4, -0.2) is 67.9 Å². The number of benzene rings is 1. The molecule has 0 aliphatic carbocycles. The summed E-state index contributed by atoms with van der Waals surface area (Å²) in [5.74, 6) is -2.38. The van der Waals surface area contributed by atoms with Crippen molar-refractivity contribution in [1.29, 1.82) is 0 Å². The van der Waals surface area contributed by atoms with Gasteiger partial charge >= 0.3 is 0 Å². The molecule has 3 aromatic rings. The molecule has 0 radical (unpaired) electrons. The van der Waals surface area contributed by atoms with Gasteiger partial charge in [-0.2, -0.15) is 4.73 Å². The summed E-state index contributed by atoms with van der Waals surface area (Å²) in [6.45, 7) is 6.18. The third-order valence-electron chi connectivity index (χ3n) is 6.51.